The number of carbonyl (C=O) groups is 1. The minimum Gasteiger partial charge on any atom is -0.468 e. The molecular formula is C13H22N4O2. The first-order chi connectivity index (χ1) is 8.74. The first kappa shape index (κ1) is 15.2. The molecule has 1 N–H and O–H groups in total. The number of carbonyl (C=O) groups excluding carboxylic acids is 1. The third-order valence-corrected chi connectivity index (χ3v) is 2.82. The van der Waals surface area contributed by atoms with Crippen molar-refractivity contribution in [2.45, 2.75) is 33.2 Å². The van der Waals surface area contributed by atoms with Crippen molar-refractivity contribution in [3.8, 4) is 0 Å². The highest BCUT2D eigenvalue weighted by atomic mass is 16.5. The van der Waals surface area contributed by atoms with Crippen LogP contribution in [0.15, 0.2) is 6.07 Å². The first-order valence-electron chi connectivity index (χ1n) is 6.14. The quantitative estimate of drug-likeness (QED) is 0.835. The van der Waals surface area contributed by atoms with Crippen molar-refractivity contribution in [3.63, 3.8) is 0 Å². The Labute approximate surface area is 114 Å². The molecule has 6 heteroatoms. The Morgan fingerprint density at radius 3 is 2.58 bits per heavy atom. The highest BCUT2D eigenvalue weighted by Gasteiger charge is 2.19. The van der Waals surface area contributed by atoms with Crippen LogP contribution >= 0.6 is 0 Å². The Hall–Kier alpha value is -1.85. The maximum atomic E-state index is 11.1. The van der Waals surface area contributed by atoms with Crippen molar-refractivity contribution >= 4 is 17.6 Å². The van der Waals surface area contributed by atoms with Crippen molar-refractivity contribution in [3.05, 3.63) is 11.9 Å². The summed E-state index contributed by atoms with van der Waals surface area (Å²) in [4.78, 5) is 21.8. The third-order valence-electron chi connectivity index (χ3n) is 2.82. The summed E-state index contributed by atoms with van der Waals surface area (Å²) in [6.07, 6.45) is 0. The fraction of sp³-hybridized carbons (Fsp3) is 0.615. The predicted molar refractivity (Wildman–Crippen MR) is 75.4 cm³/mol. The predicted octanol–water partition coefficient (Wildman–Crippen LogP) is 1.60. The maximum Gasteiger partial charge on any atom is 0.325 e. The van der Waals surface area contributed by atoms with E-state index in [2.05, 4.69) is 45.7 Å². The van der Waals surface area contributed by atoms with Gasteiger partial charge in [0, 0.05) is 18.7 Å². The number of hydrogen-bond donors (Lipinski definition) is 1. The van der Waals surface area contributed by atoms with Gasteiger partial charge >= 0.3 is 5.97 Å². The van der Waals surface area contributed by atoms with Crippen LogP contribution in [0.5, 0.6) is 0 Å². The van der Waals surface area contributed by atoms with E-state index in [1.807, 2.05) is 20.0 Å². The molecule has 0 saturated heterocycles. The molecule has 0 amide bonds. The lowest BCUT2D eigenvalue weighted by Gasteiger charge is -2.33. The fourth-order valence-electron chi connectivity index (χ4n) is 1.39. The van der Waals surface area contributed by atoms with E-state index in [4.69, 9.17) is 0 Å². The standard InChI is InChI=1S/C13H22N4O2/c1-9-15-10(14-8-12(18)19-6)7-11(16-9)17(5)13(2,3)4/h7H,8H2,1-6H3,(H,14,15,16). The Morgan fingerprint density at radius 1 is 1.42 bits per heavy atom. The Morgan fingerprint density at radius 2 is 2.05 bits per heavy atom. The summed E-state index contributed by atoms with van der Waals surface area (Å²) in [7, 11) is 3.33. The first-order valence-corrected chi connectivity index (χ1v) is 6.14. The molecule has 1 aromatic heterocycles. The van der Waals surface area contributed by atoms with Gasteiger partial charge in [-0.25, -0.2) is 9.97 Å². The summed E-state index contributed by atoms with van der Waals surface area (Å²) in [5, 5.41) is 2.93. The summed E-state index contributed by atoms with van der Waals surface area (Å²) >= 11 is 0. The van der Waals surface area contributed by atoms with Crippen molar-refractivity contribution < 1.29 is 9.53 Å². The van der Waals surface area contributed by atoms with E-state index in [9.17, 15) is 4.79 Å². The zero-order chi connectivity index (χ0) is 14.6. The molecule has 0 atom stereocenters. The number of hydrogen-bond acceptors (Lipinski definition) is 6. The van der Waals surface area contributed by atoms with Crippen molar-refractivity contribution in [1.29, 1.82) is 0 Å². The van der Waals surface area contributed by atoms with Crippen LogP contribution in [0.2, 0.25) is 0 Å². The van der Waals surface area contributed by atoms with Gasteiger partial charge in [-0.3, -0.25) is 4.79 Å². The maximum absolute atomic E-state index is 11.1. The van der Waals surface area contributed by atoms with Crippen molar-refractivity contribution in [2.75, 3.05) is 30.9 Å². The fourth-order valence-corrected chi connectivity index (χ4v) is 1.39. The van der Waals surface area contributed by atoms with Gasteiger partial charge in [0.25, 0.3) is 0 Å². The van der Waals surface area contributed by atoms with Crippen LogP contribution in [0, 0.1) is 6.92 Å². The molecule has 0 spiro atoms. The molecule has 0 radical (unpaired) electrons. The number of methoxy groups -OCH3 is 1. The number of nitrogens with zero attached hydrogens (tertiary/aromatic N) is 3. The number of aromatic nitrogens is 2. The van der Waals surface area contributed by atoms with Gasteiger partial charge in [0.2, 0.25) is 0 Å². The van der Waals surface area contributed by atoms with Gasteiger partial charge in [-0.05, 0) is 27.7 Å². The van der Waals surface area contributed by atoms with Crippen LogP contribution in [0.4, 0.5) is 11.6 Å². The molecule has 0 fully saturated rings. The molecule has 0 bridgehead atoms. The van der Waals surface area contributed by atoms with E-state index in [0.717, 1.165) is 5.82 Å². The summed E-state index contributed by atoms with van der Waals surface area (Å²) < 4.78 is 4.58. The van der Waals surface area contributed by atoms with Gasteiger partial charge in [-0.1, -0.05) is 0 Å². The molecule has 0 saturated carbocycles. The molecule has 106 valence electrons. The van der Waals surface area contributed by atoms with Gasteiger partial charge in [-0.15, -0.1) is 0 Å². The number of anilines is 2. The second-order valence-corrected chi connectivity index (χ2v) is 5.32. The number of esters is 1. The zero-order valence-electron chi connectivity index (χ0n) is 12.4. The average molecular weight is 266 g/mol. The molecule has 0 aliphatic rings. The molecule has 0 aliphatic carbocycles. The molecular weight excluding hydrogens is 244 g/mol. The summed E-state index contributed by atoms with van der Waals surface area (Å²) in [5.74, 6) is 1.75. The van der Waals surface area contributed by atoms with Gasteiger partial charge in [0.1, 0.15) is 24.0 Å². The average Bonchev–Trinajstić information content (AvgIpc) is 2.33. The molecule has 1 heterocycles. The molecule has 6 nitrogen and oxygen atoms in total. The lowest BCUT2D eigenvalue weighted by molar-refractivity contribution is -0.138. The second-order valence-electron chi connectivity index (χ2n) is 5.32. The topological polar surface area (TPSA) is 67.3 Å². The Kier molecular flexibility index (Phi) is 4.69. The van der Waals surface area contributed by atoms with Crippen LogP contribution in [0.3, 0.4) is 0 Å². The monoisotopic (exact) mass is 266 g/mol. The molecule has 0 unspecified atom stereocenters. The van der Waals surface area contributed by atoms with E-state index in [1.54, 1.807) is 0 Å². The number of nitrogens with one attached hydrogen (secondary N) is 1. The van der Waals surface area contributed by atoms with Crippen LogP contribution in [-0.2, 0) is 9.53 Å². The van der Waals surface area contributed by atoms with Crippen LogP contribution in [0.25, 0.3) is 0 Å². The van der Waals surface area contributed by atoms with Gasteiger partial charge in [0.15, 0.2) is 0 Å². The molecule has 19 heavy (non-hydrogen) atoms. The minimum atomic E-state index is -0.331. The summed E-state index contributed by atoms with van der Waals surface area (Å²) in [6, 6.07) is 1.82. The number of ether oxygens (including phenoxy) is 1. The number of rotatable bonds is 4. The molecule has 1 rings (SSSR count). The lowest BCUT2D eigenvalue weighted by Crippen LogP contribution is -2.38. The highest BCUT2D eigenvalue weighted by molar-refractivity contribution is 5.74. The third kappa shape index (κ3) is 4.39. The largest absolute Gasteiger partial charge is 0.468 e. The van der Waals surface area contributed by atoms with Crippen molar-refractivity contribution in [2.24, 2.45) is 0 Å². The molecule has 0 aromatic carbocycles. The van der Waals surface area contributed by atoms with E-state index >= 15 is 0 Å². The smallest absolute Gasteiger partial charge is 0.325 e. The Balaban J connectivity index is 2.91. The zero-order valence-corrected chi connectivity index (χ0v) is 12.4. The Bertz CT molecular complexity index is 454. The highest BCUT2D eigenvalue weighted by Crippen LogP contribution is 2.21. The van der Waals surface area contributed by atoms with E-state index < -0.39 is 0 Å². The van der Waals surface area contributed by atoms with Crippen molar-refractivity contribution in [1.82, 2.24) is 9.97 Å². The van der Waals surface area contributed by atoms with Crippen LogP contribution in [-0.4, -0.2) is 42.2 Å². The molecule has 0 aliphatic heterocycles. The summed E-state index contributed by atoms with van der Waals surface area (Å²) in [5.41, 5.74) is -0.0413. The lowest BCUT2D eigenvalue weighted by atomic mass is 10.1. The normalized spacial score (nSPS) is 11.1. The SMILES string of the molecule is COC(=O)CNc1cc(N(C)C(C)(C)C)nc(C)n1. The van der Waals surface area contributed by atoms with Gasteiger partial charge in [0.05, 0.1) is 7.11 Å². The summed E-state index contributed by atoms with van der Waals surface area (Å²) in [6.45, 7) is 8.22. The van der Waals surface area contributed by atoms with Gasteiger partial charge in [-0.2, -0.15) is 0 Å². The second kappa shape index (κ2) is 5.86. The molecule has 1 aromatic rings. The van der Waals surface area contributed by atoms with Crippen LogP contribution in [0.1, 0.15) is 26.6 Å². The number of aryl methyl sites for hydroxylation is 1. The van der Waals surface area contributed by atoms with Crippen LogP contribution < -0.4 is 10.2 Å². The van der Waals surface area contributed by atoms with Gasteiger partial charge < -0.3 is 15.0 Å². The van der Waals surface area contributed by atoms with E-state index in [0.29, 0.717) is 11.6 Å². The van der Waals surface area contributed by atoms with E-state index in [-0.39, 0.29) is 18.1 Å². The van der Waals surface area contributed by atoms with E-state index in [1.165, 1.54) is 7.11 Å². The minimum absolute atomic E-state index is 0.0413.